The number of rotatable bonds is 6. The zero-order valence-corrected chi connectivity index (χ0v) is 17.8. The van der Waals surface area contributed by atoms with Gasteiger partial charge in [-0.25, -0.2) is 0 Å². The molecule has 6 nitrogen and oxygen atoms in total. The van der Waals surface area contributed by atoms with Crippen molar-refractivity contribution in [3.8, 4) is 5.75 Å². The molecule has 4 atom stereocenters. The quantitative estimate of drug-likeness (QED) is 0.674. The van der Waals surface area contributed by atoms with Crippen molar-refractivity contribution in [1.29, 1.82) is 0 Å². The van der Waals surface area contributed by atoms with E-state index in [1.54, 1.807) is 18.2 Å². The van der Waals surface area contributed by atoms with Gasteiger partial charge in [-0.1, -0.05) is 42.5 Å². The van der Waals surface area contributed by atoms with Crippen molar-refractivity contribution >= 4 is 11.9 Å². The van der Waals surface area contributed by atoms with Crippen LogP contribution in [0, 0.1) is 5.41 Å². The minimum absolute atomic E-state index is 0.156. The van der Waals surface area contributed by atoms with Gasteiger partial charge < -0.3 is 14.2 Å². The van der Waals surface area contributed by atoms with E-state index < -0.39 is 41.5 Å². The maximum atomic E-state index is 15.0. The van der Waals surface area contributed by atoms with Gasteiger partial charge in [0.1, 0.15) is 11.8 Å². The molecule has 1 saturated heterocycles. The molecule has 0 saturated carbocycles. The monoisotopic (exact) mass is 451 g/mol. The van der Waals surface area contributed by atoms with Crippen LogP contribution in [0.15, 0.2) is 54.6 Å². The van der Waals surface area contributed by atoms with E-state index in [1.165, 1.54) is 50.4 Å². The summed E-state index contributed by atoms with van der Waals surface area (Å²) in [7, 11) is 2.52. The second-order valence-corrected chi connectivity index (χ2v) is 7.35. The Morgan fingerprint density at radius 2 is 1.62 bits per heavy atom. The van der Waals surface area contributed by atoms with Crippen LogP contribution in [0.25, 0.3) is 0 Å². The molecular weight excluding hydrogens is 427 g/mol. The van der Waals surface area contributed by atoms with Crippen LogP contribution < -0.4 is 10.1 Å². The van der Waals surface area contributed by atoms with E-state index in [9.17, 15) is 9.59 Å². The summed E-state index contributed by atoms with van der Waals surface area (Å²) < 4.78 is 60.0. The standard InChI is InChI=1S/C23H24F3NO5/c1-4-32-21(29)22(23(24,25)26)17(14-8-6-5-7-9-14)18(20(28)31-3)27-19(22)15-10-12-16(30-2)13-11-15/h5-13,17-19,27H,4H2,1-3H3/t17-,18+,19+,22-/m1/s1. The Hall–Kier alpha value is -3.07. The van der Waals surface area contributed by atoms with E-state index in [2.05, 4.69) is 5.32 Å². The summed E-state index contributed by atoms with van der Waals surface area (Å²) in [6.07, 6.45) is -5.07. The smallest absolute Gasteiger partial charge is 0.407 e. The van der Waals surface area contributed by atoms with Gasteiger partial charge in [0.25, 0.3) is 0 Å². The fourth-order valence-corrected chi connectivity index (χ4v) is 4.40. The fraction of sp³-hybridized carbons (Fsp3) is 0.391. The lowest BCUT2D eigenvalue weighted by Crippen LogP contribution is -2.53. The molecule has 0 amide bonds. The molecule has 1 fully saturated rings. The minimum Gasteiger partial charge on any atom is -0.497 e. The van der Waals surface area contributed by atoms with Gasteiger partial charge in [0.05, 0.1) is 26.9 Å². The highest BCUT2D eigenvalue weighted by Crippen LogP contribution is 2.62. The molecule has 0 aliphatic carbocycles. The molecule has 0 radical (unpaired) electrons. The SMILES string of the molecule is CCOC(=O)[C@@]1(C(F)(F)F)[C@H](c2ccccc2)[C@@H](C(=O)OC)N[C@H]1c1ccc(OC)cc1. The first-order valence-electron chi connectivity index (χ1n) is 9.99. The number of hydrogen-bond acceptors (Lipinski definition) is 6. The molecule has 2 aromatic rings. The van der Waals surface area contributed by atoms with Crippen LogP contribution in [-0.4, -0.2) is 45.0 Å². The molecule has 0 spiro atoms. The Balaban J connectivity index is 2.33. The Kier molecular flexibility index (Phi) is 6.78. The van der Waals surface area contributed by atoms with E-state index in [0.717, 1.165) is 7.11 Å². The highest BCUT2D eigenvalue weighted by atomic mass is 19.4. The van der Waals surface area contributed by atoms with E-state index >= 15 is 13.2 Å². The number of hydrogen-bond donors (Lipinski definition) is 1. The van der Waals surface area contributed by atoms with Gasteiger partial charge in [-0.05, 0) is 30.2 Å². The summed E-state index contributed by atoms with van der Waals surface area (Å²) in [4.78, 5) is 25.8. The predicted molar refractivity (Wildman–Crippen MR) is 109 cm³/mol. The van der Waals surface area contributed by atoms with Crippen LogP contribution in [0.2, 0.25) is 0 Å². The lowest BCUT2D eigenvalue weighted by atomic mass is 9.66. The van der Waals surface area contributed by atoms with Crippen molar-refractivity contribution in [3.05, 3.63) is 65.7 Å². The highest BCUT2D eigenvalue weighted by molar-refractivity contribution is 5.87. The second-order valence-electron chi connectivity index (χ2n) is 7.35. The van der Waals surface area contributed by atoms with Gasteiger partial charge in [0, 0.05) is 5.92 Å². The van der Waals surface area contributed by atoms with Gasteiger partial charge in [-0.2, -0.15) is 13.2 Å². The summed E-state index contributed by atoms with van der Waals surface area (Å²) >= 11 is 0. The molecule has 1 heterocycles. The van der Waals surface area contributed by atoms with Crippen LogP contribution >= 0.6 is 0 Å². The maximum absolute atomic E-state index is 15.0. The first-order valence-corrected chi connectivity index (χ1v) is 9.99. The van der Waals surface area contributed by atoms with Gasteiger partial charge >= 0.3 is 18.1 Å². The van der Waals surface area contributed by atoms with Crippen molar-refractivity contribution in [2.45, 2.75) is 31.1 Å². The summed E-state index contributed by atoms with van der Waals surface area (Å²) in [6.45, 7) is 1.18. The Morgan fingerprint density at radius 1 is 1.00 bits per heavy atom. The number of esters is 2. The number of nitrogens with one attached hydrogen (secondary N) is 1. The molecule has 32 heavy (non-hydrogen) atoms. The summed E-state index contributed by atoms with van der Waals surface area (Å²) in [6, 6.07) is 10.4. The van der Waals surface area contributed by atoms with E-state index in [0.29, 0.717) is 5.75 Å². The molecule has 3 rings (SSSR count). The Morgan fingerprint density at radius 3 is 2.12 bits per heavy atom. The Bertz CT molecular complexity index is 948. The topological polar surface area (TPSA) is 73.9 Å². The number of methoxy groups -OCH3 is 2. The van der Waals surface area contributed by atoms with Crippen molar-refractivity contribution in [2.24, 2.45) is 5.41 Å². The molecule has 9 heteroatoms. The molecule has 0 unspecified atom stereocenters. The number of alkyl halides is 3. The maximum Gasteiger partial charge on any atom is 0.407 e. The number of halogens is 3. The molecule has 1 N–H and O–H groups in total. The third-order valence-electron chi connectivity index (χ3n) is 5.77. The Labute approximate surface area is 183 Å². The first-order chi connectivity index (χ1) is 15.2. The molecular formula is C23H24F3NO5. The predicted octanol–water partition coefficient (Wildman–Crippen LogP) is 3.78. The van der Waals surface area contributed by atoms with Crippen molar-refractivity contribution in [3.63, 3.8) is 0 Å². The molecule has 0 bridgehead atoms. The first kappa shape index (κ1) is 23.6. The third kappa shape index (κ3) is 3.81. The van der Waals surface area contributed by atoms with Gasteiger partial charge in [-0.15, -0.1) is 0 Å². The molecule has 172 valence electrons. The van der Waals surface area contributed by atoms with Crippen LogP contribution in [0.1, 0.15) is 30.0 Å². The average molecular weight is 451 g/mol. The fourth-order valence-electron chi connectivity index (χ4n) is 4.40. The molecule has 1 aliphatic heterocycles. The van der Waals surface area contributed by atoms with Crippen LogP contribution in [0.5, 0.6) is 5.75 Å². The second kappa shape index (κ2) is 9.20. The van der Waals surface area contributed by atoms with Gasteiger partial charge in [0.15, 0.2) is 5.41 Å². The largest absolute Gasteiger partial charge is 0.497 e. The van der Waals surface area contributed by atoms with E-state index in [1.807, 2.05) is 0 Å². The van der Waals surface area contributed by atoms with Crippen LogP contribution in [-0.2, 0) is 19.1 Å². The number of benzene rings is 2. The highest BCUT2D eigenvalue weighted by Gasteiger charge is 2.76. The molecule has 1 aliphatic rings. The van der Waals surface area contributed by atoms with Crippen molar-refractivity contribution in [1.82, 2.24) is 5.32 Å². The molecule has 2 aromatic carbocycles. The third-order valence-corrected chi connectivity index (χ3v) is 5.77. The van der Waals surface area contributed by atoms with Gasteiger partial charge in [-0.3, -0.25) is 14.9 Å². The minimum atomic E-state index is -5.07. The molecule has 0 aromatic heterocycles. The number of carbonyl (C=O) groups excluding carboxylic acids is 2. The van der Waals surface area contributed by atoms with Crippen molar-refractivity contribution in [2.75, 3.05) is 20.8 Å². The average Bonchev–Trinajstić information content (AvgIpc) is 3.17. The normalized spacial score (nSPS) is 25.2. The summed E-state index contributed by atoms with van der Waals surface area (Å²) in [5.74, 6) is -3.55. The zero-order chi connectivity index (χ0) is 23.5. The van der Waals surface area contributed by atoms with Gasteiger partial charge in [0.2, 0.25) is 0 Å². The van der Waals surface area contributed by atoms with E-state index in [4.69, 9.17) is 14.2 Å². The van der Waals surface area contributed by atoms with Crippen LogP contribution in [0.3, 0.4) is 0 Å². The number of carbonyl (C=O) groups is 2. The number of ether oxygens (including phenoxy) is 3. The lowest BCUT2D eigenvalue weighted by molar-refractivity contribution is -0.242. The summed E-state index contributed by atoms with van der Waals surface area (Å²) in [5.41, 5.74) is -2.77. The lowest BCUT2D eigenvalue weighted by Gasteiger charge is -2.39. The van der Waals surface area contributed by atoms with Crippen molar-refractivity contribution < 1.29 is 37.0 Å². The van der Waals surface area contributed by atoms with E-state index in [-0.39, 0.29) is 17.7 Å². The zero-order valence-electron chi connectivity index (χ0n) is 17.8. The van der Waals surface area contributed by atoms with Crippen LogP contribution in [0.4, 0.5) is 13.2 Å². The summed E-state index contributed by atoms with van der Waals surface area (Å²) in [5, 5.41) is 2.74.